The van der Waals surface area contributed by atoms with Crippen molar-refractivity contribution in [2.75, 3.05) is 13.6 Å². The van der Waals surface area contributed by atoms with Crippen molar-refractivity contribution in [1.82, 2.24) is 0 Å². The molecule has 2 aromatic rings. The molecule has 7 nitrogen and oxygen atoms in total. The first-order valence-corrected chi connectivity index (χ1v) is 9.64. The number of hydrogen-bond acceptors (Lipinski definition) is 7. The van der Waals surface area contributed by atoms with Gasteiger partial charge in [0.25, 0.3) is 0 Å². The van der Waals surface area contributed by atoms with E-state index in [1.54, 1.807) is 18.2 Å². The predicted molar refractivity (Wildman–Crippen MR) is 101 cm³/mol. The lowest BCUT2D eigenvalue weighted by molar-refractivity contribution is -0.155. The summed E-state index contributed by atoms with van der Waals surface area (Å²) in [6, 6.07) is 9.07. The van der Waals surface area contributed by atoms with Crippen molar-refractivity contribution in [3.8, 4) is 23.0 Å². The second kappa shape index (κ2) is 6.29. The highest BCUT2D eigenvalue weighted by Crippen LogP contribution is 2.58. The van der Waals surface area contributed by atoms with Gasteiger partial charge in [-0.3, -0.25) is 4.79 Å². The highest BCUT2D eigenvalue weighted by molar-refractivity contribution is 5.67. The summed E-state index contributed by atoms with van der Waals surface area (Å²) in [7, 11) is 0. The molecule has 0 bridgehead atoms. The van der Waals surface area contributed by atoms with Crippen molar-refractivity contribution in [2.24, 2.45) is 11.8 Å². The molecule has 2 aromatic carbocycles. The van der Waals surface area contributed by atoms with E-state index < -0.39 is 11.7 Å². The van der Waals surface area contributed by atoms with Crippen LogP contribution in [0.5, 0.6) is 23.0 Å². The number of aliphatic hydroxyl groups is 1. The molecule has 0 amide bonds. The largest absolute Gasteiger partial charge is 0.457 e. The number of ether oxygens (including phenoxy) is 5. The highest BCUT2D eigenvalue weighted by atomic mass is 16.7. The van der Waals surface area contributed by atoms with Gasteiger partial charge in [-0.15, -0.1) is 0 Å². The van der Waals surface area contributed by atoms with E-state index in [2.05, 4.69) is 0 Å². The zero-order chi connectivity index (χ0) is 20.3. The monoisotopic (exact) mass is 398 g/mol. The van der Waals surface area contributed by atoms with Gasteiger partial charge >= 0.3 is 5.97 Å². The van der Waals surface area contributed by atoms with Crippen molar-refractivity contribution >= 4 is 5.97 Å². The SMILES string of the molecule is CC(=O)OC1c2ccc3c(c2C(O)(c2ccc4c(c2)OCO4)C(C)C1C)OCO3. The third kappa shape index (κ3) is 2.50. The minimum absolute atomic E-state index is 0.0746. The van der Waals surface area contributed by atoms with Gasteiger partial charge in [0, 0.05) is 24.0 Å². The molecule has 1 aliphatic carbocycles. The van der Waals surface area contributed by atoms with Crippen LogP contribution in [-0.4, -0.2) is 24.7 Å². The topological polar surface area (TPSA) is 83.5 Å². The molecular formula is C22H22O7. The fraction of sp³-hybridized carbons (Fsp3) is 0.409. The van der Waals surface area contributed by atoms with Gasteiger partial charge in [-0.05, 0) is 29.7 Å². The fourth-order valence-electron chi connectivity index (χ4n) is 4.66. The molecule has 0 aromatic heterocycles. The van der Waals surface area contributed by atoms with E-state index in [0.29, 0.717) is 34.1 Å². The first-order chi connectivity index (χ1) is 13.9. The van der Waals surface area contributed by atoms with Gasteiger partial charge in [0.2, 0.25) is 13.6 Å². The molecule has 0 fully saturated rings. The Morgan fingerprint density at radius 2 is 1.72 bits per heavy atom. The van der Waals surface area contributed by atoms with E-state index in [-0.39, 0.29) is 31.4 Å². The van der Waals surface area contributed by atoms with Crippen molar-refractivity contribution < 1.29 is 33.6 Å². The first kappa shape index (κ1) is 18.1. The maximum absolute atomic E-state index is 12.2. The Balaban J connectivity index is 1.75. The average molecular weight is 398 g/mol. The molecule has 3 aliphatic rings. The second-order valence-corrected chi connectivity index (χ2v) is 7.78. The number of fused-ring (bicyclic) bond motifs is 4. The number of esters is 1. The molecule has 0 saturated carbocycles. The van der Waals surface area contributed by atoms with Gasteiger partial charge in [0.15, 0.2) is 23.0 Å². The van der Waals surface area contributed by atoms with Crippen LogP contribution in [0, 0.1) is 11.8 Å². The molecule has 2 aliphatic heterocycles. The number of carbonyl (C=O) groups is 1. The third-order valence-electron chi connectivity index (χ3n) is 6.29. The summed E-state index contributed by atoms with van der Waals surface area (Å²) in [5.74, 6) is 1.46. The average Bonchev–Trinajstić information content (AvgIpc) is 3.36. The van der Waals surface area contributed by atoms with Crippen LogP contribution in [0.2, 0.25) is 0 Å². The molecule has 2 heterocycles. The Hall–Kier alpha value is -2.93. The van der Waals surface area contributed by atoms with E-state index in [4.69, 9.17) is 23.7 Å². The maximum atomic E-state index is 12.2. The van der Waals surface area contributed by atoms with Crippen molar-refractivity contribution in [3.63, 3.8) is 0 Å². The van der Waals surface area contributed by atoms with E-state index in [9.17, 15) is 9.90 Å². The summed E-state index contributed by atoms with van der Waals surface area (Å²) in [4.78, 5) is 11.8. The van der Waals surface area contributed by atoms with E-state index >= 15 is 0 Å². The highest BCUT2D eigenvalue weighted by Gasteiger charge is 2.53. The second-order valence-electron chi connectivity index (χ2n) is 7.78. The lowest BCUT2D eigenvalue weighted by Crippen LogP contribution is -2.46. The number of carbonyl (C=O) groups excluding carboxylic acids is 1. The minimum atomic E-state index is -1.40. The van der Waals surface area contributed by atoms with E-state index in [1.807, 2.05) is 26.0 Å². The Kier molecular flexibility index (Phi) is 3.93. The van der Waals surface area contributed by atoms with Gasteiger partial charge < -0.3 is 28.8 Å². The predicted octanol–water partition coefficient (Wildman–Crippen LogP) is 3.27. The number of benzene rings is 2. The van der Waals surface area contributed by atoms with Crippen LogP contribution in [-0.2, 0) is 15.1 Å². The van der Waals surface area contributed by atoms with Gasteiger partial charge in [0.1, 0.15) is 11.7 Å². The summed E-state index contributed by atoms with van der Waals surface area (Å²) in [6.45, 7) is 5.54. The van der Waals surface area contributed by atoms with Crippen molar-refractivity contribution in [2.45, 2.75) is 32.5 Å². The third-order valence-corrected chi connectivity index (χ3v) is 6.29. The zero-order valence-corrected chi connectivity index (χ0v) is 16.4. The molecule has 1 N–H and O–H groups in total. The van der Waals surface area contributed by atoms with Gasteiger partial charge in [0.05, 0.1) is 0 Å². The zero-order valence-electron chi connectivity index (χ0n) is 16.4. The maximum Gasteiger partial charge on any atom is 0.303 e. The summed E-state index contributed by atoms with van der Waals surface area (Å²) >= 11 is 0. The summed E-state index contributed by atoms with van der Waals surface area (Å²) in [5, 5.41) is 12.2. The summed E-state index contributed by atoms with van der Waals surface area (Å²) < 4.78 is 27.9. The molecule has 0 spiro atoms. The van der Waals surface area contributed by atoms with Gasteiger partial charge in [-0.2, -0.15) is 0 Å². The molecule has 152 valence electrons. The molecule has 0 radical (unpaired) electrons. The van der Waals surface area contributed by atoms with Gasteiger partial charge in [-0.1, -0.05) is 26.0 Å². The summed E-state index contributed by atoms with van der Waals surface area (Å²) in [5.41, 5.74) is 0.553. The fourth-order valence-corrected chi connectivity index (χ4v) is 4.66. The quantitative estimate of drug-likeness (QED) is 0.778. The van der Waals surface area contributed by atoms with Crippen LogP contribution in [0.15, 0.2) is 30.3 Å². The van der Waals surface area contributed by atoms with Crippen LogP contribution >= 0.6 is 0 Å². The van der Waals surface area contributed by atoms with Crippen molar-refractivity contribution in [1.29, 1.82) is 0 Å². The van der Waals surface area contributed by atoms with Crippen LogP contribution in [0.25, 0.3) is 0 Å². The molecule has 7 heteroatoms. The number of hydrogen-bond donors (Lipinski definition) is 1. The molecule has 5 rings (SSSR count). The van der Waals surface area contributed by atoms with E-state index in [0.717, 1.165) is 5.56 Å². The molecule has 4 atom stereocenters. The van der Waals surface area contributed by atoms with Crippen LogP contribution in [0.1, 0.15) is 43.6 Å². The first-order valence-electron chi connectivity index (χ1n) is 9.64. The van der Waals surface area contributed by atoms with Crippen LogP contribution in [0.4, 0.5) is 0 Å². The Morgan fingerprint density at radius 3 is 2.52 bits per heavy atom. The lowest BCUT2D eigenvalue weighted by Gasteiger charge is -2.47. The standard InChI is InChI=1S/C22H22O7/c1-11-12(2)22(24,14-4-6-16-18(8-14)27-9-25-16)19-15(20(11)29-13(3)23)5-7-17-21(19)28-10-26-17/h4-8,11-12,20,24H,9-10H2,1-3H3. The van der Waals surface area contributed by atoms with E-state index in [1.165, 1.54) is 6.92 Å². The van der Waals surface area contributed by atoms with Crippen LogP contribution < -0.4 is 18.9 Å². The van der Waals surface area contributed by atoms with Crippen molar-refractivity contribution in [3.05, 3.63) is 47.0 Å². The molecule has 4 unspecified atom stereocenters. The molecule has 29 heavy (non-hydrogen) atoms. The van der Waals surface area contributed by atoms with Gasteiger partial charge in [-0.25, -0.2) is 0 Å². The molecular weight excluding hydrogens is 376 g/mol. The smallest absolute Gasteiger partial charge is 0.303 e. The Labute approximate surface area is 168 Å². The number of rotatable bonds is 2. The Bertz CT molecular complexity index is 1000. The molecule has 0 saturated heterocycles. The lowest BCUT2D eigenvalue weighted by atomic mass is 9.63. The Morgan fingerprint density at radius 1 is 1.03 bits per heavy atom. The van der Waals surface area contributed by atoms with Crippen LogP contribution in [0.3, 0.4) is 0 Å². The minimum Gasteiger partial charge on any atom is -0.457 e. The summed E-state index contributed by atoms with van der Waals surface area (Å²) in [6.07, 6.45) is -0.499. The normalized spacial score (nSPS) is 28.8.